The molecule has 1 N–H and O–H groups in total. The van der Waals surface area contributed by atoms with E-state index in [1.54, 1.807) is 39.8 Å². The number of aryl methyl sites for hydroxylation is 2. The molecule has 0 unspecified atom stereocenters. The first-order valence-electron chi connectivity index (χ1n) is 16.1. The minimum absolute atomic E-state index is 0.000577. The number of rotatable bonds is 17. The third-order valence-corrected chi connectivity index (χ3v) is 7.38. The highest BCUT2D eigenvalue weighted by Gasteiger charge is 2.40. The summed E-state index contributed by atoms with van der Waals surface area (Å²) in [5, 5.41) is 0. The third-order valence-electron chi connectivity index (χ3n) is 7.38. The van der Waals surface area contributed by atoms with Crippen molar-refractivity contribution in [3.8, 4) is 11.5 Å². The van der Waals surface area contributed by atoms with Crippen molar-refractivity contribution >= 4 is 34.9 Å². The predicted octanol–water partition coefficient (Wildman–Crippen LogP) is 3.68. The highest BCUT2D eigenvalue weighted by molar-refractivity contribution is 5.81. The molecule has 3 atom stereocenters. The number of carbonyl (C=O) groups is 4. The smallest absolute Gasteiger partial charge is 0.349 e. The van der Waals surface area contributed by atoms with Crippen molar-refractivity contribution in [1.82, 2.24) is 19.5 Å². The van der Waals surface area contributed by atoms with Crippen LogP contribution in [0.5, 0.6) is 0 Å². The van der Waals surface area contributed by atoms with Gasteiger partial charge in [0.25, 0.3) is 5.56 Å². The van der Waals surface area contributed by atoms with E-state index >= 15 is 0 Å². The Morgan fingerprint density at radius 1 is 0.745 bits per heavy atom. The number of aromatic nitrogens is 4. The number of H-pyrrole nitrogens is 1. The van der Waals surface area contributed by atoms with Gasteiger partial charge in [-0.15, -0.1) is 0 Å². The summed E-state index contributed by atoms with van der Waals surface area (Å²) in [5.74, 6) is -2.59. The van der Waals surface area contributed by atoms with E-state index in [2.05, 4.69) is 15.0 Å². The van der Waals surface area contributed by atoms with Gasteiger partial charge in [-0.1, -0.05) is 27.7 Å². The van der Waals surface area contributed by atoms with Gasteiger partial charge in [-0.3, -0.25) is 29.0 Å². The van der Waals surface area contributed by atoms with Crippen LogP contribution in [0.25, 0.3) is 22.6 Å². The Kier molecular flexibility index (Phi) is 13.6. The van der Waals surface area contributed by atoms with Gasteiger partial charge < -0.3 is 23.5 Å². The third kappa shape index (κ3) is 9.93. The molecule has 0 amide bonds. The lowest BCUT2D eigenvalue weighted by Gasteiger charge is -2.33. The van der Waals surface area contributed by atoms with Gasteiger partial charge in [0.15, 0.2) is 29.8 Å². The summed E-state index contributed by atoms with van der Waals surface area (Å²) in [7, 11) is 0. The van der Waals surface area contributed by atoms with E-state index in [0.29, 0.717) is 36.7 Å². The molecule has 14 nitrogen and oxygen atoms in total. The number of esters is 4. The van der Waals surface area contributed by atoms with Crippen LogP contribution in [0.2, 0.25) is 0 Å². The van der Waals surface area contributed by atoms with Crippen LogP contribution in [0, 0.1) is 13.8 Å². The Bertz CT molecular complexity index is 1660. The number of nitrogens with one attached hydrogen (secondary N) is 1. The van der Waals surface area contributed by atoms with Gasteiger partial charge in [-0.2, -0.15) is 4.98 Å². The van der Waals surface area contributed by atoms with Gasteiger partial charge in [0.2, 0.25) is 0 Å². The molecule has 14 heteroatoms. The quantitative estimate of drug-likeness (QED) is 0.126. The molecule has 0 aliphatic carbocycles. The monoisotopic (exact) mass is 656 g/mol. The highest BCUT2D eigenvalue weighted by Crippen LogP contribution is 2.27. The number of carbonyl (C=O) groups excluding carboxylic acids is 4. The lowest BCUT2D eigenvalue weighted by Crippen LogP contribution is -2.49. The molecule has 2 aliphatic heterocycles. The van der Waals surface area contributed by atoms with Gasteiger partial charge in [-0.05, 0) is 62.8 Å². The van der Waals surface area contributed by atoms with Gasteiger partial charge in [-0.25, -0.2) is 9.78 Å². The summed E-state index contributed by atoms with van der Waals surface area (Å²) < 4.78 is 24.5. The summed E-state index contributed by atoms with van der Waals surface area (Å²) >= 11 is 0. The Hall–Kier alpha value is -4.62. The maximum absolute atomic E-state index is 13.1. The van der Waals surface area contributed by atoms with Crippen molar-refractivity contribution in [2.45, 2.75) is 118 Å². The fourth-order valence-corrected chi connectivity index (χ4v) is 4.94. The largest absolute Gasteiger partial charge is 0.462 e. The van der Waals surface area contributed by atoms with Crippen molar-refractivity contribution in [3.05, 3.63) is 44.1 Å². The second kappa shape index (κ2) is 17.3. The summed E-state index contributed by atoms with van der Waals surface area (Å²) in [6, 6.07) is 3.56. The van der Waals surface area contributed by atoms with Crippen molar-refractivity contribution in [2.75, 3.05) is 6.61 Å². The first-order chi connectivity index (χ1) is 22.4. The molecule has 1 aromatic carbocycles. The molecule has 3 rings (SSSR count). The van der Waals surface area contributed by atoms with Crippen molar-refractivity contribution < 1.29 is 38.1 Å². The Balaban J connectivity index is 2.28. The highest BCUT2D eigenvalue weighted by atomic mass is 16.6. The average molecular weight is 657 g/mol. The van der Waals surface area contributed by atoms with E-state index in [1.807, 2.05) is 13.8 Å². The lowest BCUT2D eigenvalue weighted by atomic mass is 10.0. The zero-order valence-corrected chi connectivity index (χ0v) is 27.9. The van der Waals surface area contributed by atoms with Crippen LogP contribution in [0.1, 0.15) is 90.2 Å². The maximum atomic E-state index is 13.1. The first kappa shape index (κ1) is 36.8. The van der Waals surface area contributed by atoms with Crippen LogP contribution in [-0.4, -0.2) is 68.3 Å². The van der Waals surface area contributed by atoms with E-state index in [1.165, 1.54) is 4.57 Å². The number of aromatic amines is 1. The molecule has 0 aromatic heterocycles. The van der Waals surface area contributed by atoms with Crippen LogP contribution in [0.15, 0.2) is 21.7 Å². The molecule has 0 radical (unpaired) electrons. The Morgan fingerprint density at radius 2 is 1.28 bits per heavy atom. The maximum Gasteiger partial charge on any atom is 0.349 e. The molecule has 0 saturated heterocycles. The minimum Gasteiger partial charge on any atom is -0.462 e. The summed E-state index contributed by atoms with van der Waals surface area (Å²) in [5.41, 5.74) is 0.757. The molecule has 0 saturated carbocycles. The van der Waals surface area contributed by atoms with E-state index in [9.17, 15) is 28.8 Å². The van der Waals surface area contributed by atoms with Crippen LogP contribution in [0.3, 0.4) is 0 Å². The van der Waals surface area contributed by atoms with Crippen LogP contribution < -0.4 is 11.2 Å². The van der Waals surface area contributed by atoms with Gasteiger partial charge in [0.05, 0.1) is 17.6 Å². The minimum atomic E-state index is -1.46. The molecule has 2 heterocycles. The number of fused-ring (bicyclic) bond motifs is 2. The molecule has 256 valence electrons. The SMILES string of the molecule is CCCC(=O)OC[C@@H](OC(=O)CCC)[C@@H](OC(=O)CCC)[C@@H](Cn1c2nc(=O)[nH]c(=O)c-2nc2cc(C)c(C)cc21)OC(=O)CCC. The normalized spacial score (nSPS) is 13.1. The molecular formula is C33H44N4O10. The topological polar surface area (TPSA) is 186 Å². The van der Waals surface area contributed by atoms with Gasteiger partial charge in [0.1, 0.15) is 6.61 Å². The van der Waals surface area contributed by atoms with Gasteiger partial charge >= 0.3 is 29.6 Å². The molecule has 0 bridgehead atoms. The second-order valence-electron chi connectivity index (χ2n) is 11.4. The molecule has 0 fully saturated rings. The fourth-order valence-electron chi connectivity index (χ4n) is 4.94. The Labute approximate surface area is 272 Å². The van der Waals surface area contributed by atoms with Crippen LogP contribution in [-0.2, 0) is 44.7 Å². The number of hydrogen-bond acceptors (Lipinski definition) is 12. The number of hydrogen-bond donors (Lipinski definition) is 1. The van der Waals surface area contributed by atoms with E-state index in [-0.39, 0.29) is 43.7 Å². The number of benzene rings is 1. The van der Waals surface area contributed by atoms with Crippen molar-refractivity contribution in [2.24, 2.45) is 0 Å². The number of nitrogens with zero attached hydrogens (tertiary/aromatic N) is 3. The van der Waals surface area contributed by atoms with E-state index < -0.39 is 60.0 Å². The summed E-state index contributed by atoms with van der Waals surface area (Å²) in [6.07, 6.45) is -2.20. The summed E-state index contributed by atoms with van der Waals surface area (Å²) in [6.45, 7) is 10.1. The summed E-state index contributed by atoms with van der Waals surface area (Å²) in [4.78, 5) is 87.4. The van der Waals surface area contributed by atoms with Crippen molar-refractivity contribution in [3.63, 3.8) is 0 Å². The fraction of sp³-hybridized carbons (Fsp3) is 0.576. The lowest BCUT2D eigenvalue weighted by molar-refractivity contribution is -0.193. The molecule has 47 heavy (non-hydrogen) atoms. The Morgan fingerprint density at radius 3 is 1.87 bits per heavy atom. The molecule has 1 aromatic rings. The van der Waals surface area contributed by atoms with Crippen LogP contribution in [0.4, 0.5) is 0 Å². The zero-order chi connectivity index (χ0) is 34.7. The molecular weight excluding hydrogens is 612 g/mol. The van der Waals surface area contributed by atoms with Crippen molar-refractivity contribution in [1.29, 1.82) is 0 Å². The second-order valence-corrected chi connectivity index (χ2v) is 11.4. The van der Waals surface area contributed by atoms with E-state index in [0.717, 1.165) is 11.1 Å². The molecule has 2 aliphatic rings. The molecule has 0 spiro atoms. The standard InChI is InChI=1S/C33H44N4O10/c1-7-11-25(38)44-18-24(46-27(40)13-9-3)30(47-28(41)14-10-4)23(45-26(39)12-8-2)17-37-22-16-20(6)19(5)15-21(22)34-29-31(37)35-33(43)36-32(29)42/h15-16,23-24,30H,7-14,17-18H2,1-6H3,(H,36,42,43)/t23-,24-,30+/m1/s1. The predicted molar refractivity (Wildman–Crippen MR) is 171 cm³/mol. The van der Waals surface area contributed by atoms with Gasteiger partial charge in [0, 0.05) is 25.7 Å². The zero-order valence-electron chi connectivity index (χ0n) is 27.9. The van der Waals surface area contributed by atoms with E-state index in [4.69, 9.17) is 18.9 Å². The van der Waals surface area contributed by atoms with Crippen LogP contribution >= 0.6 is 0 Å². The average Bonchev–Trinajstić information content (AvgIpc) is 2.99. The first-order valence-corrected chi connectivity index (χ1v) is 16.1. The number of ether oxygens (including phenoxy) is 4.